The van der Waals surface area contributed by atoms with Crippen molar-refractivity contribution in [1.82, 2.24) is 0 Å². The van der Waals surface area contributed by atoms with Gasteiger partial charge in [-0.3, -0.25) is 5.41 Å². The van der Waals surface area contributed by atoms with E-state index in [4.69, 9.17) is 27.5 Å². The number of sulfone groups is 1. The zero-order valence-electron chi connectivity index (χ0n) is 9.94. The highest BCUT2D eigenvalue weighted by molar-refractivity contribution is 7.91. The van der Waals surface area contributed by atoms with E-state index in [-0.39, 0.29) is 23.9 Å². The van der Waals surface area contributed by atoms with Crippen LogP contribution in [0.15, 0.2) is 18.2 Å². The van der Waals surface area contributed by atoms with E-state index in [0.29, 0.717) is 16.3 Å². The second kappa shape index (κ2) is 6.06. The quantitative estimate of drug-likeness (QED) is 0.612. The molecule has 7 heteroatoms. The average Bonchev–Trinajstić information content (AvgIpc) is 2.28. The van der Waals surface area contributed by atoms with Gasteiger partial charge in [0.15, 0.2) is 9.84 Å². The van der Waals surface area contributed by atoms with E-state index in [0.717, 1.165) is 0 Å². The molecule has 1 rings (SSSR count). The highest BCUT2D eigenvalue weighted by Crippen LogP contribution is 2.22. The first-order valence-electron chi connectivity index (χ1n) is 5.33. The Labute approximate surface area is 111 Å². The number of nitrogens with two attached hydrogens (primary N) is 1. The summed E-state index contributed by atoms with van der Waals surface area (Å²) in [5, 5.41) is 7.57. The fourth-order valence-electron chi connectivity index (χ4n) is 1.23. The lowest BCUT2D eigenvalue weighted by Gasteiger charge is -2.08. The molecule has 18 heavy (non-hydrogen) atoms. The summed E-state index contributed by atoms with van der Waals surface area (Å²) in [4.78, 5) is 0. The van der Waals surface area contributed by atoms with Gasteiger partial charge in [-0.05, 0) is 18.2 Å². The maximum atomic E-state index is 11.2. The van der Waals surface area contributed by atoms with Crippen molar-refractivity contribution < 1.29 is 13.2 Å². The van der Waals surface area contributed by atoms with Gasteiger partial charge in [0.2, 0.25) is 0 Å². The van der Waals surface area contributed by atoms with Gasteiger partial charge >= 0.3 is 0 Å². The first-order chi connectivity index (χ1) is 8.35. The number of hydrogen-bond donors (Lipinski definition) is 2. The summed E-state index contributed by atoms with van der Waals surface area (Å²) in [6, 6.07) is 4.67. The summed E-state index contributed by atoms with van der Waals surface area (Å²) >= 11 is 5.90. The van der Waals surface area contributed by atoms with Crippen molar-refractivity contribution in [3.8, 4) is 5.75 Å². The molecule has 1 aromatic rings. The summed E-state index contributed by atoms with van der Waals surface area (Å²) < 4.78 is 27.8. The Hall–Kier alpha value is -1.27. The number of amidine groups is 1. The van der Waals surface area contributed by atoms with Crippen molar-refractivity contribution in [3.05, 3.63) is 28.8 Å². The van der Waals surface area contributed by atoms with Crippen molar-refractivity contribution in [3.63, 3.8) is 0 Å². The van der Waals surface area contributed by atoms with Crippen molar-refractivity contribution in [2.24, 2.45) is 5.73 Å². The summed E-state index contributed by atoms with van der Waals surface area (Å²) in [6.07, 6.45) is 0. The largest absolute Gasteiger partial charge is 0.492 e. The number of benzene rings is 1. The van der Waals surface area contributed by atoms with Gasteiger partial charge in [-0.1, -0.05) is 18.5 Å². The van der Waals surface area contributed by atoms with Crippen LogP contribution in [0, 0.1) is 5.41 Å². The third kappa shape index (κ3) is 4.19. The molecule has 0 aliphatic heterocycles. The second-order valence-electron chi connectivity index (χ2n) is 3.64. The topological polar surface area (TPSA) is 93.2 Å². The molecular weight excluding hydrogens is 276 g/mol. The highest BCUT2D eigenvalue weighted by Gasteiger charge is 2.09. The summed E-state index contributed by atoms with van der Waals surface area (Å²) in [5.41, 5.74) is 5.74. The smallest absolute Gasteiger partial charge is 0.153 e. The number of ether oxygens (including phenoxy) is 1. The molecule has 0 heterocycles. The average molecular weight is 291 g/mol. The summed E-state index contributed by atoms with van der Waals surface area (Å²) in [5.74, 6) is 0.395. The van der Waals surface area contributed by atoms with Crippen LogP contribution in [0.4, 0.5) is 0 Å². The molecule has 0 bridgehead atoms. The van der Waals surface area contributed by atoms with Crippen LogP contribution in [0.3, 0.4) is 0 Å². The molecule has 0 unspecified atom stereocenters. The third-order valence-corrected chi connectivity index (χ3v) is 4.31. The van der Waals surface area contributed by atoms with Crippen LogP contribution in [-0.2, 0) is 9.84 Å². The molecule has 3 N–H and O–H groups in total. The number of halogens is 1. The molecule has 0 aliphatic rings. The number of nitrogens with one attached hydrogen (secondary N) is 1. The highest BCUT2D eigenvalue weighted by atomic mass is 35.5. The van der Waals surface area contributed by atoms with E-state index in [2.05, 4.69) is 0 Å². The molecule has 0 aromatic heterocycles. The first kappa shape index (κ1) is 14.8. The van der Waals surface area contributed by atoms with Crippen molar-refractivity contribution in [2.75, 3.05) is 18.1 Å². The van der Waals surface area contributed by atoms with Gasteiger partial charge in [-0.15, -0.1) is 0 Å². The van der Waals surface area contributed by atoms with E-state index in [1.807, 2.05) is 0 Å². The van der Waals surface area contributed by atoms with Crippen LogP contribution in [0.25, 0.3) is 0 Å². The Balaban J connectivity index is 2.65. The minimum atomic E-state index is -3.03. The maximum Gasteiger partial charge on any atom is 0.153 e. The van der Waals surface area contributed by atoms with Gasteiger partial charge in [0.1, 0.15) is 18.2 Å². The molecule has 0 radical (unpaired) electrons. The molecule has 0 fully saturated rings. The molecule has 1 aromatic carbocycles. The first-order valence-corrected chi connectivity index (χ1v) is 7.53. The number of rotatable bonds is 6. The predicted octanol–water partition coefficient (Wildman–Crippen LogP) is 1.44. The SMILES string of the molecule is CCS(=O)(=O)CCOc1ccc(C(=N)N)c(Cl)c1. The van der Waals surface area contributed by atoms with Crippen LogP contribution in [0.1, 0.15) is 12.5 Å². The zero-order chi connectivity index (χ0) is 13.8. The Bertz CT molecular complexity index is 543. The predicted molar refractivity (Wildman–Crippen MR) is 72.3 cm³/mol. The van der Waals surface area contributed by atoms with Gasteiger partial charge in [0.25, 0.3) is 0 Å². The Kier molecular flexibility index (Phi) is 4.98. The Morgan fingerprint density at radius 1 is 1.50 bits per heavy atom. The van der Waals surface area contributed by atoms with Gasteiger partial charge in [-0.25, -0.2) is 8.42 Å². The Morgan fingerprint density at radius 2 is 2.17 bits per heavy atom. The van der Waals surface area contributed by atoms with Crippen molar-refractivity contribution in [1.29, 1.82) is 5.41 Å². The van der Waals surface area contributed by atoms with Crippen molar-refractivity contribution in [2.45, 2.75) is 6.92 Å². The van der Waals surface area contributed by atoms with E-state index in [9.17, 15) is 8.42 Å². The Morgan fingerprint density at radius 3 is 2.67 bits per heavy atom. The minimum absolute atomic E-state index is 0.0322. The standard InChI is InChI=1S/C11H15ClN2O3S/c1-2-18(15,16)6-5-17-8-3-4-9(11(13)14)10(12)7-8/h3-4,7H,2,5-6H2,1H3,(H3,13,14). The molecule has 0 spiro atoms. The normalized spacial score (nSPS) is 11.2. The molecule has 0 saturated carbocycles. The van der Waals surface area contributed by atoms with Crippen molar-refractivity contribution >= 4 is 27.3 Å². The molecule has 0 atom stereocenters. The molecule has 0 saturated heterocycles. The lowest BCUT2D eigenvalue weighted by Crippen LogP contribution is -2.16. The lowest BCUT2D eigenvalue weighted by atomic mass is 10.2. The number of nitrogen functional groups attached to an aromatic ring is 1. The van der Waals surface area contributed by atoms with Gasteiger partial charge in [0.05, 0.1) is 10.8 Å². The van der Waals surface area contributed by atoms with E-state index in [1.54, 1.807) is 19.1 Å². The number of hydrogen-bond acceptors (Lipinski definition) is 4. The van der Waals surface area contributed by atoms with Crippen LogP contribution in [-0.4, -0.2) is 32.4 Å². The van der Waals surface area contributed by atoms with Crippen LogP contribution in [0.2, 0.25) is 5.02 Å². The third-order valence-electron chi connectivity index (χ3n) is 2.33. The summed E-state index contributed by atoms with van der Waals surface area (Å²) in [7, 11) is -3.03. The van der Waals surface area contributed by atoms with E-state index in [1.165, 1.54) is 6.07 Å². The summed E-state index contributed by atoms with van der Waals surface area (Å²) in [6.45, 7) is 1.67. The van der Waals surface area contributed by atoms with E-state index < -0.39 is 9.84 Å². The second-order valence-corrected chi connectivity index (χ2v) is 6.52. The molecule has 5 nitrogen and oxygen atoms in total. The van der Waals surface area contributed by atoms with Gasteiger partial charge in [-0.2, -0.15) is 0 Å². The fraction of sp³-hybridized carbons (Fsp3) is 0.364. The van der Waals surface area contributed by atoms with Crippen LogP contribution in [0.5, 0.6) is 5.75 Å². The zero-order valence-corrected chi connectivity index (χ0v) is 11.5. The monoisotopic (exact) mass is 290 g/mol. The van der Waals surface area contributed by atoms with Gasteiger partial charge in [0, 0.05) is 11.3 Å². The van der Waals surface area contributed by atoms with Gasteiger partial charge < -0.3 is 10.5 Å². The minimum Gasteiger partial charge on any atom is -0.492 e. The lowest BCUT2D eigenvalue weighted by molar-refractivity contribution is 0.341. The maximum absolute atomic E-state index is 11.2. The molecule has 0 amide bonds. The fourth-order valence-corrected chi connectivity index (χ4v) is 2.13. The molecular formula is C11H15ClN2O3S. The van der Waals surface area contributed by atoms with Crippen LogP contribution >= 0.6 is 11.6 Å². The van der Waals surface area contributed by atoms with E-state index >= 15 is 0 Å². The molecule has 100 valence electrons. The molecule has 0 aliphatic carbocycles. The van der Waals surface area contributed by atoms with Crippen LogP contribution < -0.4 is 10.5 Å².